The molecule has 3 aromatic rings. The number of aromatic amines is 1. The number of rotatable bonds is 1. The number of thioether (sulfide) groups is 1. The van der Waals surface area contributed by atoms with Gasteiger partial charge in [0.25, 0.3) is 0 Å². The van der Waals surface area contributed by atoms with E-state index >= 15 is 0 Å². The molecule has 0 radical (unpaired) electrons. The Morgan fingerprint density at radius 2 is 2.11 bits per heavy atom. The number of imidazole rings is 1. The molecule has 4 heteroatoms. The molecule has 2 aromatic carbocycles. The molecule has 0 aliphatic carbocycles. The second-order valence-electron chi connectivity index (χ2n) is 4.72. The molecular formula is C15H12N2OS. The summed E-state index contributed by atoms with van der Waals surface area (Å²) in [5.41, 5.74) is 3.14. The topological polar surface area (TPSA) is 48.9 Å². The number of phenols is 1. The fourth-order valence-electron chi connectivity index (χ4n) is 2.57. The van der Waals surface area contributed by atoms with Gasteiger partial charge in [-0.2, -0.15) is 0 Å². The minimum absolute atomic E-state index is 0.267. The van der Waals surface area contributed by atoms with Crippen molar-refractivity contribution in [2.45, 2.75) is 10.8 Å². The summed E-state index contributed by atoms with van der Waals surface area (Å²) < 4.78 is 0. The van der Waals surface area contributed by atoms with Gasteiger partial charge in [0.15, 0.2) is 0 Å². The van der Waals surface area contributed by atoms with Gasteiger partial charge in [-0.15, -0.1) is 11.8 Å². The number of hydrogen-bond donors (Lipinski definition) is 2. The van der Waals surface area contributed by atoms with Crippen molar-refractivity contribution >= 4 is 22.8 Å². The van der Waals surface area contributed by atoms with E-state index in [1.165, 1.54) is 10.5 Å². The SMILES string of the molecule is Oc1ccc2nc(C3CSc4ccccc43)[nH]c2c1. The molecule has 0 saturated heterocycles. The number of nitrogens with one attached hydrogen (secondary N) is 1. The van der Waals surface area contributed by atoms with E-state index < -0.39 is 0 Å². The lowest BCUT2D eigenvalue weighted by Gasteiger charge is -2.06. The predicted octanol–water partition coefficient (Wildman–Crippen LogP) is 3.51. The molecule has 2 heterocycles. The Labute approximate surface area is 114 Å². The third-order valence-electron chi connectivity index (χ3n) is 3.51. The maximum atomic E-state index is 9.51. The van der Waals surface area contributed by atoms with Crippen molar-refractivity contribution < 1.29 is 5.11 Å². The summed E-state index contributed by atoms with van der Waals surface area (Å²) in [7, 11) is 0. The van der Waals surface area contributed by atoms with Crippen molar-refractivity contribution in [2.75, 3.05) is 5.75 Å². The van der Waals surface area contributed by atoms with E-state index in [9.17, 15) is 5.11 Å². The highest BCUT2D eigenvalue weighted by Gasteiger charge is 2.26. The first-order valence-electron chi connectivity index (χ1n) is 6.21. The summed E-state index contributed by atoms with van der Waals surface area (Å²) in [6, 6.07) is 13.7. The molecule has 1 unspecified atom stereocenters. The Morgan fingerprint density at radius 3 is 3.05 bits per heavy atom. The number of hydrogen-bond acceptors (Lipinski definition) is 3. The summed E-state index contributed by atoms with van der Waals surface area (Å²) >= 11 is 1.87. The van der Waals surface area contributed by atoms with Crippen LogP contribution < -0.4 is 0 Å². The Hall–Kier alpha value is -1.94. The van der Waals surface area contributed by atoms with Crippen molar-refractivity contribution in [3.05, 3.63) is 53.9 Å². The van der Waals surface area contributed by atoms with Gasteiger partial charge in [0, 0.05) is 16.7 Å². The molecule has 1 aliphatic rings. The zero-order chi connectivity index (χ0) is 12.8. The molecule has 3 nitrogen and oxygen atoms in total. The van der Waals surface area contributed by atoms with E-state index in [2.05, 4.69) is 34.2 Å². The van der Waals surface area contributed by atoms with E-state index in [0.29, 0.717) is 5.92 Å². The van der Waals surface area contributed by atoms with E-state index in [4.69, 9.17) is 0 Å². The second kappa shape index (κ2) is 4.03. The number of benzene rings is 2. The quantitative estimate of drug-likeness (QED) is 0.710. The average molecular weight is 268 g/mol. The van der Waals surface area contributed by atoms with Crippen LogP contribution in [0.3, 0.4) is 0 Å². The first-order chi connectivity index (χ1) is 9.31. The number of fused-ring (bicyclic) bond motifs is 2. The van der Waals surface area contributed by atoms with Crippen LogP contribution in [-0.2, 0) is 0 Å². The third-order valence-corrected chi connectivity index (χ3v) is 4.70. The first kappa shape index (κ1) is 10.9. The van der Waals surface area contributed by atoms with Crippen molar-refractivity contribution in [2.24, 2.45) is 0 Å². The minimum Gasteiger partial charge on any atom is -0.508 e. The van der Waals surface area contributed by atoms with Crippen LogP contribution in [0.2, 0.25) is 0 Å². The fourth-order valence-corrected chi connectivity index (χ4v) is 3.81. The molecule has 1 aliphatic heterocycles. The van der Waals surface area contributed by atoms with Crippen molar-refractivity contribution in [1.82, 2.24) is 9.97 Å². The highest BCUT2D eigenvalue weighted by molar-refractivity contribution is 7.99. The number of aromatic nitrogens is 2. The second-order valence-corrected chi connectivity index (χ2v) is 5.79. The standard InChI is InChI=1S/C15H12N2OS/c18-9-5-6-12-13(7-9)17-15(16-12)11-8-19-14-4-2-1-3-10(11)14/h1-7,11,18H,8H2,(H,16,17). The van der Waals surface area contributed by atoms with Crippen LogP contribution in [0.4, 0.5) is 0 Å². The lowest BCUT2D eigenvalue weighted by atomic mass is 10.0. The van der Waals surface area contributed by atoms with Crippen LogP contribution in [0.1, 0.15) is 17.3 Å². The zero-order valence-electron chi connectivity index (χ0n) is 10.1. The van der Waals surface area contributed by atoms with Crippen molar-refractivity contribution in [3.8, 4) is 5.75 Å². The van der Waals surface area contributed by atoms with Gasteiger partial charge in [-0.05, 0) is 23.8 Å². The lowest BCUT2D eigenvalue weighted by Crippen LogP contribution is -2.01. The van der Waals surface area contributed by atoms with Crippen LogP contribution in [0, 0.1) is 0 Å². The van der Waals surface area contributed by atoms with Gasteiger partial charge in [0.2, 0.25) is 0 Å². The summed E-state index contributed by atoms with van der Waals surface area (Å²) in [6.45, 7) is 0. The molecule has 0 saturated carbocycles. The summed E-state index contributed by atoms with van der Waals surface area (Å²) in [5, 5.41) is 9.51. The molecular weight excluding hydrogens is 256 g/mol. The predicted molar refractivity (Wildman–Crippen MR) is 76.8 cm³/mol. The van der Waals surface area contributed by atoms with Gasteiger partial charge in [0.1, 0.15) is 11.6 Å². The maximum Gasteiger partial charge on any atom is 0.117 e. The highest BCUT2D eigenvalue weighted by atomic mass is 32.2. The highest BCUT2D eigenvalue weighted by Crippen LogP contribution is 2.42. The zero-order valence-corrected chi connectivity index (χ0v) is 10.9. The van der Waals surface area contributed by atoms with Gasteiger partial charge in [0.05, 0.1) is 17.0 Å². The summed E-state index contributed by atoms with van der Waals surface area (Å²) in [4.78, 5) is 9.33. The van der Waals surface area contributed by atoms with E-state index in [-0.39, 0.29) is 5.75 Å². The van der Waals surface area contributed by atoms with Gasteiger partial charge >= 0.3 is 0 Å². The molecule has 94 valence electrons. The summed E-state index contributed by atoms with van der Waals surface area (Å²) in [6.07, 6.45) is 0. The molecule has 0 fully saturated rings. The van der Waals surface area contributed by atoms with E-state index in [0.717, 1.165) is 22.6 Å². The molecule has 19 heavy (non-hydrogen) atoms. The lowest BCUT2D eigenvalue weighted by molar-refractivity contribution is 0.476. The van der Waals surface area contributed by atoms with Crippen LogP contribution in [0.25, 0.3) is 11.0 Å². The molecule has 0 bridgehead atoms. The van der Waals surface area contributed by atoms with Gasteiger partial charge in [-0.3, -0.25) is 0 Å². The molecule has 0 amide bonds. The van der Waals surface area contributed by atoms with Crippen molar-refractivity contribution in [3.63, 3.8) is 0 Å². The van der Waals surface area contributed by atoms with Crippen LogP contribution >= 0.6 is 11.8 Å². The van der Waals surface area contributed by atoms with Crippen LogP contribution in [0.15, 0.2) is 47.4 Å². The first-order valence-corrected chi connectivity index (χ1v) is 7.20. The summed E-state index contributed by atoms with van der Waals surface area (Å²) in [5.74, 6) is 2.59. The minimum atomic E-state index is 0.267. The average Bonchev–Trinajstić information content (AvgIpc) is 3.00. The Kier molecular flexibility index (Phi) is 2.32. The fraction of sp³-hybridized carbons (Fsp3) is 0.133. The molecule has 1 aromatic heterocycles. The number of phenolic OH excluding ortho intramolecular Hbond substituents is 1. The van der Waals surface area contributed by atoms with Crippen LogP contribution in [-0.4, -0.2) is 20.8 Å². The smallest absolute Gasteiger partial charge is 0.117 e. The Bertz CT molecular complexity index is 766. The Morgan fingerprint density at radius 1 is 1.21 bits per heavy atom. The number of aromatic hydroxyl groups is 1. The van der Waals surface area contributed by atoms with Gasteiger partial charge < -0.3 is 10.1 Å². The molecule has 0 spiro atoms. The van der Waals surface area contributed by atoms with Crippen molar-refractivity contribution in [1.29, 1.82) is 0 Å². The largest absolute Gasteiger partial charge is 0.508 e. The number of nitrogens with zero attached hydrogens (tertiary/aromatic N) is 1. The monoisotopic (exact) mass is 268 g/mol. The molecule has 2 N–H and O–H groups in total. The number of H-pyrrole nitrogens is 1. The Balaban J connectivity index is 1.83. The van der Waals surface area contributed by atoms with E-state index in [1.54, 1.807) is 12.1 Å². The molecule has 1 atom stereocenters. The van der Waals surface area contributed by atoms with Gasteiger partial charge in [-0.1, -0.05) is 18.2 Å². The van der Waals surface area contributed by atoms with E-state index in [1.807, 2.05) is 17.8 Å². The molecule has 4 rings (SSSR count). The maximum absolute atomic E-state index is 9.51. The third kappa shape index (κ3) is 1.71. The normalized spacial score (nSPS) is 17.8. The van der Waals surface area contributed by atoms with Crippen LogP contribution in [0.5, 0.6) is 5.75 Å². The van der Waals surface area contributed by atoms with Gasteiger partial charge in [-0.25, -0.2) is 4.98 Å².